The molecule has 25 heavy (non-hydrogen) atoms. The minimum absolute atomic E-state index is 0.571. The molecule has 1 N–H and O–H groups in total. The van der Waals surface area contributed by atoms with E-state index in [1.54, 1.807) is 4.80 Å². The number of benzene rings is 1. The second-order valence-electron chi connectivity index (χ2n) is 7.03. The number of carboxylic acid groups (broad SMARTS) is 1. The molecule has 0 saturated carbocycles. The summed E-state index contributed by atoms with van der Waals surface area (Å²) in [6.45, 7) is 5.10. The van der Waals surface area contributed by atoms with Crippen molar-refractivity contribution in [1.82, 2.24) is 25.1 Å². The van der Waals surface area contributed by atoms with Crippen LogP contribution in [0.1, 0.15) is 32.6 Å². The fourth-order valence-electron chi connectivity index (χ4n) is 3.23. The second kappa shape index (κ2) is 7.74. The zero-order valence-electron chi connectivity index (χ0n) is 14.6. The van der Waals surface area contributed by atoms with Gasteiger partial charge in [0.15, 0.2) is 0 Å². The number of likely N-dealkylation sites (tertiary alicyclic amines) is 1. The van der Waals surface area contributed by atoms with E-state index in [9.17, 15) is 9.90 Å². The number of unbranched alkanes of at least 4 members (excludes halogenated alkanes) is 2. The van der Waals surface area contributed by atoms with Crippen molar-refractivity contribution in [2.24, 2.45) is 5.41 Å². The van der Waals surface area contributed by atoms with E-state index in [0.717, 1.165) is 50.9 Å². The van der Waals surface area contributed by atoms with Gasteiger partial charge in [-0.05, 0) is 44.5 Å². The first-order valence-corrected chi connectivity index (χ1v) is 8.86. The average molecular weight is 343 g/mol. The normalized spacial score (nSPS) is 20.8. The highest BCUT2D eigenvalue weighted by Gasteiger charge is 2.39. The van der Waals surface area contributed by atoms with Crippen molar-refractivity contribution in [3.63, 3.8) is 0 Å². The van der Waals surface area contributed by atoms with Gasteiger partial charge in [0.2, 0.25) is 5.82 Å². The summed E-state index contributed by atoms with van der Waals surface area (Å²) in [6, 6.07) is 9.84. The Kier molecular flexibility index (Phi) is 5.43. The number of hydrogen-bond acceptors (Lipinski definition) is 5. The smallest absolute Gasteiger partial charge is 0.310 e. The lowest BCUT2D eigenvalue weighted by Gasteiger charge is -2.19. The molecule has 1 aliphatic rings. The Morgan fingerprint density at radius 3 is 2.68 bits per heavy atom. The lowest BCUT2D eigenvalue weighted by atomic mass is 9.90. The van der Waals surface area contributed by atoms with E-state index < -0.39 is 11.4 Å². The summed E-state index contributed by atoms with van der Waals surface area (Å²) in [5.41, 5.74) is 0.405. The number of aryl methyl sites for hydroxylation is 1. The third-order valence-electron chi connectivity index (χ3n) is 4.89. The van der Waals surface area contributed by atoms with Crippen LogP contribution >= 0.6 is 0 Å². The van der Waals surface area contributed by atoms with Crippen LogP contribution in [0.15, 0.2) is 30.3 Å². The van der Waals surface area contributed by atoms with Gasteiger partial charge in [0.25, 0.3) is 0 Å². The molecule has 3 rings (SSSR count). The van der Waals surface area contributed by atoms with Gasteiger partial charge >= 0.3 is 5.97 Å². The summed E-state index contributed by atoms with van der Waals surface area (Å²) >= 11 is 0. The number of carbonyl (C=O) groups is 1. The molecule has 0 bridgehead atoms. The fourth-order valence-corrected chi connectivity index (χ4v) is 3.23. The van der Waals surface area contributed by atoms with Gasteiger partial charge in [-0.3, -0.25) is 4.79 Å². The van der Waals surface area contributed by atoms with Crippen LogP contribution in [0.5, 0.6) is 0 Å². The van der Waals surface area contributed by atoms with Crippen LogP contribution in [0, 0.1) is 5.41 Å². The van der Waals surface area contributed by atoms with E-state index >= 15 is 0 Å². The van der Waals surface area contributed by atoms with E-state index in [1.807, 2.05) is 37.3 Å². The largest absolute Gasteiger partial charge is 0.481 e. The Morgan fingerprint density at radius 1 is 1.20 bits per heavy atom. The molecule has 0 spiro atoms. The van der Waals surface area contributed by atoms with Gasteiger partial charge in [-0.1, -0.05) is 36.8 Å². The van der Waals surface area contributed by atoms with Crippen molar-refractivity contribution < 1.29 is 9.90 Å². The molecule has 134 valence electrons. The van der Waals surface area contributed by atoms with Gasteiger partial charge in [-0.25, -0.2) is 0 Å². The summed E-state index contributed by atoms with van der Waals surface area (Å²) < 4.78 is 0. The molecule has 0 aliphatic carbocycles. The van der Waals surface area contributed by atoms with Gasteiger partial charge < -0.3 is 10.0 Å². The molecule has 2 heterocycles. The maximum absolute atomic E-state index is 11.3. The van der Waals surface area contributed by atoms with E-state index in [-0.39, 0.29) is 0 Å². The first kappa shape index (κ1) is 17.5. The molecule has 1 aromatic carbocycles. The van der Waals surface area contributed by atoms with Gasteiger partial charge in [-0.2, -0.15) is 4.80 Å². The first-order valence-electron chi connectivity index (χ1n) is 8.86. The maximum Gasteiger partial charge on any atom is 0.310 e. The number of aliphatic carboxylic acids is 1. The lowest BCUT2D eigenvalue weighted by Crippen LogP contribution is -2.32. The Morgan fingerprint density at radius 2 is 1.96 bits per heavy atom. The number of rotatable bonds is 8. The third kappa shape index (κ3) is 4.42. The van der Waals surface area contributed by atoms with E-state index in [2.05, 4.69) is 20.3 Å². The van der Waals surface area contributed by atoms with Gasteiger partial charge in [0, 0.05) is 12.1 Å². The van der Waals surface area contributed by atoms with Crippen LogP contribution in [0.4, 0.5) is 0 Å². The SMILES string of the molecule is CC1(C(=O)O)CCN(CCCCCn2nnc(-c3ccccc3)n2)C1. The van der Waals surface area contributed by atoms with Crippen LogP contribution in [-0.4, -0.2) is 55.8 Å². The predicted molar refractivity (Wildman–Crippen MR) is 93.9 cm³/mol. The van der Waals surface area contributed by atoms with Crippen molar-refractivity contribution in [2.75, 3.05) is 19.6 Å². The van der Waals surface area contributed by atoms with Gasteiger partial charge in [0.1, 0.15) is 0 Å². The van der Waals surface area contributed by atoms with E-state index in [0.29, 0.717) is 12.4 Å². The molecule has 1 aliphatic heterocycles. The molecule has 0 amide bonds. The van der Waals surface area contributed by atoms with Crippen LogP contribution in [-0.2, 0) is 11.3 Å². The van der Waals surface area contributed by atoms with E-state index in [1.165, 1.54) is 0 Å². The minimum atomic E-state index is -0.679. The zero-order chi connectivity index (χ0) is 17.7. The Labute approximate surface area is 147 Å². The minimum Gasteiger partial charge on any atom is -0.481 e. The highest BCUT2D eigenvalue weighted by Crippen LogP contribution is 2.30. The molecular weight excluding hydrogens is 318 g/mol. The number of aromatic nitrogens is 4. The lowest BCUT2D eigenvalue weighted by molar-refractivity contribution is -0.147. The maximum atomic E-state index is 11.3. The number of carboxylic acids is 1. The predicted octanol–water partition coefficient (Wildman–Crippen LogP) is 2.31. The van der Waals surface area contributed by atoms with Crippen molar-refractivity contribution in [2.45, 2.75) is 39.2 Å². The van der Waals surface area contributed by atoms with Crippen molar-refractivity contribution in [1.29, 1.82) is 0 Å². The average Bonchev–Trinajstić information content (AvgIpc) is 3.23. The summed E-state index contributed by atoms with van der Waals surface area (Å²) in [4.78, 5) is 15.2. The molecule has 1 aromatic heterocycles. The van der Waals surface area contributed by atoms with Crippen molar-refractivity contribution in [3.05, 3.63) is 30.3 Å². The van der Waals surface area contributed by atoms with Gasteiger partial charge in [0.05, 0.1) is 12.0 Å². The topological polar surface area (TPSA) is 84.1 Å². The molecular formula is C18H25N5O2. The van der Waals surface area contributed by atoms with Crippen LogP contribution in [0.2, 0.25) is 0 Å². The first-order chi connectivity index (χ1) is 12.1. The quantitative estimate of drug-likeness (QED) is 0.741. The molecule has 1 unspecified atom stereocenters. The molecule has 0 radical (unpaired) electrons. The summed E-state index contributed by atoms with van der Waals surface area (Å²) in [6.07, 6.45) is 3.88. The summed E-state index contributed by atoms with van der Waals surface area (Å²) in [5, 5.41) is 21.9. The third-order valence-corrected chi connectivity index (χ3v) is 4.89. The molecule has 1 fully saturated rings. The Bertz CT molecular complexity index is 703. The Balaban J connectivity index is 1.36. The van der Waals surface area contributed by atoms with Crippen LogP contribution in [0.25, 0.3) is 11.4 Å². The highest BCUT2D eigenvalue weighted by atomic mass is 16.4. The van der Waals surface area contributed by atoms with Crippen LogP contribution in [0.3, 0.4) is 0 Å². The van der Waals surface area contributed by atoms with Gasteiger partial charge in [-0.15, -0.1) is 10.2 Å². The standard InChI is InChI=1S/C18H25N5O2/c1-18(17(24)25)10-13-22(14-18)11-6-3-7-12-23-20-16(19-21-23)15-8-4-2-5-9-15/h2,4-5,8-9H,3,6-7,10-14H2,1H3,(H,24,25). The molecule has 1 saturated heterocycles. The highest BCUT2D eigenvalue weighted by molar-refractivity contribution is 5.74. The zero-order valence-corrected chi connectivity index (χ0v) is 14.6. The fraction of sp³-hybridized carbons (Fsp3) is 0.556. The number of tetrazole rings is 1. The summed E-state index contributed by atoms with van der Waals surface area (Å²) in [5.74, 6) is -0.0212. The van der Waals surface area contributed by atoms with Crippen molar-refractivity contribution >= 4 is 5.97 Å². The Hall–Kier alpha value is -2.28. The molecule has 7 heteroatoms. The molecule has 1 atom stereocenters. The molecule has 2 aromatic rings. The second-order valence-corrected chi connectivity index (χ2v) is 7.03. The number of nitrogens with zero attached hydrogens (tertiary/aromatic N) is 5. The van der Waals surface area contributed by atoms with E-state index in [4.69, 9.17) is 0 Å². The number of hydrogen-bond donors (Lipinski definition) is 1. The van der Waals surface area contributed by atoms with Crippen molar-refractivity contribution in [3.8, 4) is 11.4 Å². The molecule has 7 nitrogen and oxygen atoms in total. The summed E-state index contributed by atoms with van der Waals surface area (Å²) in [7, 11) is 0. The monoisotopic (exact) mass is 343 g/mol. The van der Waals surface area contributed by atoms with Crippen LogP contribution < -0.4 is 0 Å².